The number of rotatable bonds is 7. The van der Waals surface area contributed by atoms with E-state index in [4.69, 9.17) is 25.3 Å². The van der Waals surface area contributed by atoms with Gasteiger partial charge in [-0.2, -0.15) is 4.98 Å². The SMILES string of the molecule is CC(Oc1ccc(F)cc1)c1nnc(SCc2nc(-c3ccc(Cl)cc3)no2)o1. The fourth-order valence-electron chi connectivity index (χ4n) is 2.36. The van der Waals surface area contributed by atoms with Crippen molar-refractivity contribution in [2.75, 3.05) is 0 Å². The Balaban J connectivity index is 1.34. The number of ether oxygens (including phenoxy) is 1. The Bertz CT molecular complexity index is 1090. The third-order valence-electron chi connectivity index (χ3n) is 3.79. The maximum absolute atomic E-state index is 13.0. The normalized spacial score (nSPS) is 12.1. The average Bonchev–Trinajstić information content (AvgIpc) is 3.38. The van der Waals surface area contributed by atoms with Gasteiger partial charge in [-0.15, -0.1) is 10.2 Å². The molecular formula is C19H14ClFN4O3S. The molecule has 10 heteroatoms. The zero-order valence-corrected chi connectivity index (χ0v) is 16.7. The summed E-state index contributed by atoms with van der Waals surface area (Å²) in [4.78, 5) is 4.34. The predicted octanol–water partition coefficient (Wildman–Crippen LogP) is 5.34. The van der Waals surface area contributed by atoms with Gasteiger partial charge in [-0.1, -0.05) is 28.5 Å². The van der Waals surface area contributed by atoms with Crippen LogP contribution < -0.4 is 4.74 Å². The fourth-order valence-corrected chi connectivity index (χ4v) is 3.10. The molecule has 0 radical (unpaired) electrons. The molecule has 1 atom stereocenters. The molecule has 0 saturated heterocycles. The van der Waals surface area contributed by atoms with Crippen LogP contribution in [-0.4, -0.2) is 20.3 Å². The Morgan fingerprint density at radius 2 is 1.86 bits per heavy atom. The van der Waals surface area contributed by atoms with Crippen molar-refractivity contribution in [1.82, 2.24) is 20.3 Å². The number of hydrogen-bond acceptors (Lipinski definition) is 8. The van der Waals surface area contributed by atoms with E-state index in [0.717, 1.165) is 5.56 Å². The van der Waals surface area contributed by atoms with E-state index in [9.17, 15) is 4.39 Å². The Kier molecular flexibility index (Phi) is 5.77. The van der Waals surface area contributed by atoms with Gasteiger partial charge in [0.05, 0.1) is 5.75 Å². The van der Waals surface area contributed by atoms with Crippen LogP contribution in [0.4, 0.5) is 4.39 Å². The van der Waals surface area contributed by atoms with Gasteiger partial charge in [0, 0.05) is 10.6 Å². The summed E-state index contributed by atoms with van der Waals surface area (Å²) in [6.07, 6.45) is -0.484. The van der Waals surface area contributed by atoms with Gasteiger partial charge in [-0.3, -0.25) is 0 Å². The summed E-state index contributed by atoms with van der Waals surface area (Å²) in [5.74, 6) is 1.76. The molecule has 0 bridgehead atoms. The maximum atomic E-state index is 13.0. The molecule has 1 unspecified atom stereocenters. The number of nitrogens with zero attached hydrogens (tertiary/aromatic N) is 4. The molecule has 0 aliphatic heterocycles. The van der Waals surface area contributed by atoms with Crippen molar-refractivity contribution in [3.63, 3.8) is 0 Å². The van der Waals surface area contributed by atoms with Crippen molar-refractivity contribution in [3.8, 4) is 17.1 Å². The molecule has 4 aromatic rings. The topological polar surface area (TPSA) is 87.1 Å². The van der Waals surface area contributed by atoms with Gasteiger partial charge in [-0.25, -0.2) is 4.39 Å². The lowest BCUT2D eigenvalue weighted by atomic mass is 10.2. The van der Waals surface area contributed by atoms with E-state index in [-0.39, 0.29) is 5.82 Å². The average molecular weight is 433 g/mol. The van der Waals surface area contributed by atoms with Crippen molar-refractivity contribution in [2.24, 2.45) is 0 Å². The van der Waals surface area contributed by atoms with E-state index in [0.29, 0.717) is 39.4 Å². The van der Waals surface area contributed by atoms with Gasteiger partial charge in [0.15, 0.2) is 6.10 Å². The maximum Gasteiger partial charge on any atom is 0.277 e. The first-order chi connectivity index (χ1) is 14.1. The van der Waals surface area contributed by atoms with E-state index >= 15 is 0 Å². The van der Waals surface area contributed by atoms with E-state index in [1.807, 2.05) is 12.1 Å². The van der Waals surface area contributed by atoms with Crippen LogP contribution in [0.25, 0.3) is 11.4 Å². The van der Waals surface area contributed by atoms with Crippen LogP contribution in [0.3, 0.4) is 0 Å². The number of benzene rings is 2. The third-order valence-corrected chi connectivity index (χ3v) is 4.84. The summed E-state index contributed by atoms with van der Waals surface area (Å²) < 4.78 is 29.5. The minimum absolute atomic E-state index is 0.309. The summed E-state index contributed by atoms with van der Waals surface area (Å²) in [5.41, 5.74) is 0.807. The smallest absolute Gasteiger partial charge is 0.277 e. The van der Waals surface area contributed by atoms with Crippen LogP contribution in [-0.2, 0) is 5.75 Å². The van der Waals surface area contributed by atoms with Crippen molar-refractivity contribution in [3.05, 3.63) is 71.2 Å². The van der Waals surface area contributed by atoms with Gasteiger partial charge < -0.3 is 13.7 Å². The first-order valence-corrected chi connectivity index (χ1v) is 9.90. The summed E-state index contributed by atoms with van der Waals surface area (Å²) in [5, 5.41) is 12.9. The second kappa shape index (κ2) is 8.62. The first-order valence-electron chi connectivity index (χ1n) is 8.54. The molecular weight excluding hydrogens is 419 g/mol. The second-order valence-electron chi connectivity index (χ2n) is 5.93. The van der Waals surface area contributed by atoms with Gasteiger partial charge >= 0.3 is 0 Å². The number of thioether (sulfide) groups is 1. The lowest BCUT2D eigenvalue weighted by Gasteiger charge is -2.10. The molecule has 2 aromatic carbocycles. The van der Waals surface area contributed by atoms with Crippen molar-refractivity contribution in [2.45, 2.75) is 24.0 Å². The molecule has 148 valence electrons. The molecule has 0 aliphatic carbocycles. The minimum atomic E-state index is -0.484. The van der Waals surface area contributed by atoms with Gasteiger partial charge in [0.1, 0.15) is 11.6 Å². The molecule has 29 heavy (non-hydrogen) atoms. The summed E-state index contributed by atoms with van der Waals surface area (Å²) in [6, 6.07) is 12.9. The van der Waals surface area contributed by atoms with Crippen molar-refractivity contribution >= 4 is 23.4 Å². The van der Waals surface area contributed by atoms with Crippen LogP contribution in [0.15, 0.2) is 62.7 Å². The molecule has 0 spiro atoms. The zero-order valence-electron chi connectivity index (χ0n) is 15.1. The van der Waals surface area contributed by atoms with Gasteiger partial charge in [0.2, 0.25) is 11.7 Å². The van der Waals surface area contributed by atoms with Crippen LogP contribution in [0.2, 0.25) is 5.02 Å². The highest BCUT2D eigenvalue weighted by atomic mass is 35.5. The standard InChI is InChI=1S/C19H14ClFN4O3S/c1-11(26-15-8-6-14(21)7-9-15)18-23-24-19(27-18)29-10-16-22-17(25-28-16)12-2-4-13(20)5-3-12/h2-9,11H,10H2,1H3. The highest BCUT2D eigenvalue weighted by molar-refractivity contribution is 7.98. The van der Waals surface area contributed by atoms with Crippen molar-refractivity contribution < 1.29 is 18.1 Å². The van der Waals surface area contributed by atoms with Crippen LogP contribution >= 0.6 is 23.4 Å². The van der Waals surface area contributed by atoms with Crippen LogP contribution in [0, 0.1) is 5.82 Å². The number of hydrogen-bond donors (Lipinski definition) is 0. The molecule has 4 rings (SSSR count). The Hall–Kier alpha value is -2.91. The van der Waals surface area contributed by atoms with E-state index in [1.54, 1.807) is 19.1 Å². The van der Waals surface area contributed by atoms with E-state index in [2.05, 4.69) is 20.3 Å². The lowest BCUT2D eigenvalue weighted by Crippen LogP contribution is -2.03. The largest absolute Gasteiger partial charge is 0.481 e. The highest BCUT2D eigenvalue weighted by Crippen LogP contribution is 2.26. The Labute approximate surface area is 174 Å². The monoisotopic (exact) mass is 432 g/mol. The van der Waals surface area contributed by atoms with Crippen LogP contribution in [0.5, 0.6) is 5.75 Å². The quantitative estimate of drug-likeness (QED) is 0.361. The molecule has 0 amide bonds. The highest BCUT2D eigenvalue weighted by Gasteiger charge is 2.17. The van der Waals surface area contributed by atoms with Crippen molar-refractivity contribution in [1.29, 1.82) is 0 Å². The molecule has 7 nitrogen and oxygen atoms in total. The molecule has 0 fully saturated rings. The molecule has 2 aromatic heterocycles. The lowest BCUT2D eigenvalue weighted by molar-refractivity contribution is 0.181. The summed E-state index contributed by atoms with van der Waals surface area (Å²) in [6.45, 7) is 1.77. The zero-order chi connectivity index (χ0) is 20.2. The third kappa shape index (κ3) is 4.93. The molecule has 0 saturated carbocycles. The van der Waals surface area contributed by atoms with E-state index in [1.165, 1.54) is 36.0 Å². The molecule has 0 aliphatic rings. The predicted molar refractivity (Wildman–Crippen MR) is 104 cm³/mol. The first kappa shape index (κ1) is 19.4. The van der Waals surface area contributed by atoms with Crippen LogP contribution in [0.1, 0.15) is 24.8 Å². The van der Waals surface area contributed by atoms with Gasteiger partial charge in [-0.05, 0) is 55.5 Å². The Morgan fingerprint density at radius 1 is 1.10 bits per heavy atom. The summed E-state index contributed by atoms with van der Waals surface area (Å²) in [7, 11) is 0. The minimum Gasteiger partial charge on any atom is -0.481 e. The summed E-state index contributed by atoms with van der Waals surface area (Å²) >= 11 is 7.15. The number of aromatic nitrogens is 4. The molecule has 2 heterocycles. The number of halogens is 2. The van der Waals surface area contributed by atoms with E-state index < -0.39 is 6.10 Å². The second-order valence-corrected chi connectivity index (χ2v) is 7.29. The molecule has 0 N–H and O–H groups in total. The fraction of sp³-hybridized carbons (Fsp3) is 0.158. The Morgan fingerprint density at radius 3 is 2.62 bits per heavy atom. The van der Waals surface area contributed by atoms with Gasteiger partial charge in [0.25, 0.3) is 11.1 Å².